The summed E-state index contributed by atoms with van der Waals surface area (Å²) < 4.78 is 6.69. The number of aromatic nitrogens is 1. The van der Waals surface area contributed by atoms with Gasteiger partial charge in [-0.25, -0.2) is 0 Å². The molecule has 1 heterocycles. The zero-order valence-electron chi connectivity index (χ0n) is 13.4. The highest BCUT2D eigenvalue weighted by Gasteiger charge is 2.20. The fraction of sp³-hybridized carbons (Fsp3) is 0.158. The Bertz CT molecular complexity index is 922. The van der Waals surface area contributed by atoms with Crippen LogP contribution in [0.3, 0.4) is 0 Å². The number of methoxy groups -OCH3 is 1. The average Bonchev–Trinajstić information content (AvgIpc) is 2.86. The molecule has 0 radical (unpaired) electrons. The minimum atomic E-state index is -0.919. The third-order valence-corrected chi connectivity index (χ3v) is 4.11. The lowest BCUT2D eigenvalue weighted by Crippen LogP contribution is -2.14. The van der Waals surface area contributed by atoms with Gasteiger partial charge in [-0.3, -0.25) is 14.2 Å². The first kappa shape index (κ1) is 15.8. The molecule has 5 nitrogen and oxygen atoms in total. The van der Waals surface area contributed by atoms with Gasteiger partial charge < -0.3 is 9.84 Å². The summed E-state index contributed by atoms with van der Waals surface area (Å²) in [7, 11) is 1.57. The highest BCUT2D eigenvalue weighted by atomic mass is 16.5. The van der Waals surface area contributed by atoms with Crippen molar-refractivity contribution in [2.45, 2.75) is 13.3 Å². The highest BCUT2D eigenvalue weighted by Crippen LogP contribution is 2.27. The van der Waals surface area contributed by atoms with E-state index in [1.807, 2.05) is 24.3 Å². The van der Waals surface area contributed by atoms with E-state index >= 15 is 0 Å². The van der Waals surface area contributed by atoms with Gasteiger partial charge in [-0.2, -0.15) is 0 Å². The summed E-state index contributed by atoms with van der Waals surface area (Å²) in [6, 6.07) is 14.2. The Balaban J connectivity index is 2.16. The predicted molar refractivity (Wildman–Crippen MR) is 90.7 cm³/mol. The summed E-state index contributed by atoms with van der Waals surface area (Å²) >= 11 is 0. The van der Waals surface area contributed by atoms with Gasteiger partial charge in [0.25, 0.3) is 5.91 Å². The number of carboxylic acid groups (broad SMARTS) is 1. The number of para-hydroxylation sites is 1. The maximum absolute atomic E-state index is 13.0. The van der Waals surface area contributed by atoms with Crippen LogP contribution >= 0.6 is 0 Å². The lowest BCUT2D eigenvalue weighted by molar-refractivity contribution is -0.136. The Morgan fingerprint density at radius 2 is 1.75 bits per heavy atom. The molecule has 3 rings (SSSR count). The number of aliphatic carboxylic acids is 1. The third-order valence-electron chi connectivity index (χ3n) is 4.11. The number of fused-ring (bicyclic) bond motifs is 1. The second-order valence-corrected chi connectivity index (χ2v) is 5.52. The molecular weight excluding hydrogens is 306 g/mol. The molecule has 0 amide bonds. The topological polar surface area (TPSA) is 68.5 Å². The molecular formula is C19H17NO4. The van der Waals surface area contributed by atoms with Crippen LogP contribution in [0.15, 0.2) is 48.5 Å². The van der Waals surface area contributed by atoms with Crippen molar-refractivity contribution < 1.29 is 19.4 Å². The van der Waals surface area contributed by atoms with Crippen LogP contribution in [0.25, 0.3) is 10.9 Å². The molecule has 5 heteroatoms. The molecule has 2 aromatic carbocycles. The van der Waals surface area contributed by atoms with Crippen molar-refractivity contribution in [2.75, 3.05) is 7.11 Å². The molecule has 3 aromatic rings. The van der Waals surface area contributed by atoms with Gasteiger partial charge in [0.15, 0.2) is 0 Å². The Morgan fingerprint density at radius 3 is 2.38 bits per heavy atom. The summed E-state index contributed by atoms with van der Waals surface area (Å²) in [6.07, 6.45) is -0.116. The van der Waals surface area contributed by atoms with Gasteiger partial charge in [0.05, 0.1) is 19.0 Å². The van der Waals surface area contributed by atoms with Crippen molar-refractivity contribution in [3.05, 3.63) is 65.4 Å². The number of rotatable bonds is 4. The molecule has 0 spiro atoms. The normalized spacial score (nSPS) is 10.8. The molecule has 0 saturated heterocycles. The number of hydrogen-bond donors (Lipinski definition) is 1. The number of nitrogens with zero attached hydrogens (tertiary/aromatic N) is 1. The van der Waals surface area contributed by atoms with Gasteiger partial charge in [-0.15, -0.1) is 0 Å². The van der Waals surface area contributed by atoms with Crippen LogP contribution in [0.4, 0.5) is 0 Å². The summed E-state index contributed by atoms with van der Waals surface area (Å²) in [5, 5.41) is 9.96. The summed E-state index contributed by atoms with van der Waals surface area (Å²) in [5.74, 6) is -0.437. The third kappa shape index (κ3) is 2.65. The molecule has 0 saturated carbocycles. The Morgan fingerprint density at radius 1 is 1.08 bits per heavy atom. The van der Waals surface area contributed by atoms with Crippen molar-refractivity contribution in [3.8, 4) is 5.75 Å². The Labute approximate surface area is 139 Å². The van der Waals surface area contributed by atoms with E-state index in [2.05, 4.69) is 0 Å². The first-order valence-electron chi connectivity index (χ1n) is 7.52. The van der Waals surface area contributed by atoms with Gasteiger partial charge in [0.1, 0.15) is 5.75 Å². The van der Waals surface area contributed by atoms with Gasteiger partial charge in [-0.05, 0) is 42.8 Å². The Hall–Kier alpha value is -3.08. The zero-order chi connectivity index (χ0) is 17.3. The van der Waals surface area contributed by atoms with Crippen molar-refractivity contribution in [1.82, 2.24) is 4.57 Å². The van der Waals surface area contributed by atoms with Gasteiger partial charge in [0, 0.05) is 16.6 Å². The van der Waals surface area contributed by atoms with E-state index in [4.69, 9.17) is 9.84 Å². The van der Waals surface area contributed by atoms with Crippen LogP contribution in [-0.4, -0.2) is 28.7 Å². The first-order chi connectivity index (χ1) is 11.5. The monoisotopic (exact) mass is 323 g/mol. The summed E-state index contributed by atoms with van der Waals surface area (Å²) in [5.41, 5.74) is 2.55. The van der Waals surface area contributed by atoms with Crippen LogP contribution in [-0.2, 0) is 11.2 Å². The molecule has 0 aliphatic carbocycles. The average molecular weight is 323 g/mol. The Kier molecular flexibility index (Phi) is 4.08. The van der Waals surface area contributed by atoms with E-state index in [0.717, 1.165) is 5.39 Å². The molecule has 1 N–H and O–H groups in total. The molecule has 1 aromatic heterocycles. The lowest BCUT2D eigenvalue weighted by Gasteiger charge is -2.08. The van der Waals surface area contributed by atoms with Crippen molar-refractivity contribution in [3.63, 3.8) is 0 Å². The van der Waals surface area contributed by atoms with Crippen LogP contribution in [0.1, 0.15) is 21.6 Å². The van der Waals surface area contributed by atoms with E-state index in [9.17, 15) is 9.59 Å². The molecule has 0 bridgehead atoms. The van der Waals surface area contributed by atoms with Crippen molar-refractivity contribution in [2.24, 2.45) is 0 Å². The number of carbonyl (C=O) groups excluding carboxylic acids is 1. The summed E-state index contributed by atoms with van der Waals surface area (Å²) in [6.45, 7) is 1.78. The number of benzene rings is 2. The zero-order valence-corrected chi connectivity index (χ0v) is 13.4. The van der Waals surface area contributed by atoms with E-state index in [-0.39, 0.29) is 12.3 Å². The molecule has 0 atom stereocenters. The van der Waals surface area contributed by atoms with E-state index in [0.29, 0.717) is 28.1 Å². The van der Waals surface area contributed by atoms with Crippen LogP contribution in [0.2, 0.25) is 0 Å². The highest BCUT2D eigenvalue weighted by molar-refractivity contribution is 6.04. The van der Waals surface area contributed by atoms with E-state index < -0.39 is 5.97 Å². The van der Waals surface area contributed by atoms with Crippen molar-refractivity contribution >= 4 is 22.8 Å². The standard InChI is InChI=1S/C19H17NO4/c1-12-16(11-18(21)22)15-5-3-4-6-17(15)20(12)19(23)13-7-9-14(24-2)10-8-13/h3-10H,11H2,1-2H3,(H,21,22). The number of carbonyl (C=O) groups is 2. The van der Waals surface area contributed by atoms with Gasteiger partial charge in [-0.1, -0.05) is 18.2 Å². The van der Waals surface area contributed by atoms with E-state index in [1.54, 1.807) is 42.9 Å². The quantitative estimate of drug-likeness (QED) is 0.800. The van der Waals surface area contributed by atoms with Gasteiger partial charge in [0.2, 0.25) is 0 Å². The second-order valence-electron chi connectivity index (χ2n) is 5.52. The van der Waals surface area contributed by atoms with Crippen LogP contribution in [0, 0.1) is 6.92 Å². The summed E-state index contributed by atoms with van der Waals surface area (Å²) in [4.78, 5) is 24.1. The first-order valence-corrected chi connectivity index (χ1v) is 7.52. The molecule has 24 heavy (non-hydrogen) atoms. The molecule has 0 unspecified atom stereocenters. The van der Waals surface area contributed by atoms with Crippen LogP contribution < -0.4 is 4.74 Å². The van der Waals surface area contributed by atoms with Gasteiger partial charge >= 0.3 is 5.97 Å². The molecule has 0 aliphatic heterocycles. The maximum atomic E-state index is 13.0. The lowest BCUT2D eigenvalue weighted by atomic mass is 10.1. The number of carboxylic acids is 1. The van der Waals surface area contributed by atoms with Crippen LogP contribution in [0.5, 0.6) is 5.75 Å². The molecule has 0 aliphatic rings. The minimum absolute atomic E-state index is 0.116. The SMILES string of the molecule is COc1ccc(C(=O)n2c(C)c(CC(=O)O)c3ccccc32)cc1. The predicted octanol–water partition coefficient (Wildman–Crippen LogP) is 3.27. The maximum Gasteiger partial charge on any atom is 0.307 e. The van der Waals surface area contributed by atoms with E-state index in [1.165, 1.54) is 0 Å². The minimum Gasteiger partial charge on any atom is -0.497 e. The van der Waals surface area contributed by atoms with Crippen molar-refractivity contribution in [1.29, 1.82) is 0 Å². The number of hydrogen-bond acceptors (Lipinski definition) is 3. The smallest absolute Gasteiger partial charge is 0.307 e. The second kappa shape index (κ2) is 6.20. The fourth-order valence-corrected chi connectivity index (χ4v) is 2.93. The number of ether oxygens (including phenoxy) is 1. The largest absolute Gasteiger partial charge is 0.497 e. The molecule has 0 fully saturated rings. The fourth-order valence-electron chi connectivity index (χ4n) is 2.93. The molecule has 122 valence electrons.